The first-order chi connectivity index (χ1) is 14.6. The fourth-order valence-corrected chi connectivity index (χ4v) is 3.65. The minimum atomic E-state index is -0.517. The lowest BCUT2D eigenvalue weighted by Crippen LogP contribution is -2.47. The molecule has 0 bridgehead atoms. The predicted octanol–water partition coefficient (Wildman–Crippen LogP) is 4.72. The van der Waals surface area contributed by atoms with Crippen LogP contribution in [0.4, 0.5) is 0 Å². The van der Waals surface area contributed by atoms with Crippen molar-refractivity contribution < 1.29 is 9.59 Å². The minimum absolute atomic E-state index is 0.00839. The molecule has 2 amide bonds. The van der Waals surface area contributed by atoms with Gasteiger partial charge >= 0.3 is 0 Å². The highest BCUT2D eigenvalue weighted by Crippen LogP contribution is 2.20. The highest BCUT2D eigenvalue weighted by molar-refractivity contribution is 5.88. The fourth-order valence-electron chi connectivity index (χ4n) is 3.65. The van der Waals surface area contributed by atoms with E-state index in [9.17, 15) is 9.59 Å². The summed E-state index contributed by atoms with van der Waals surface area (Å²) < 4.78 is 0. The van der Waals surface area contributed by atoms with Gasteiger partial charge in [0.25, 0.3) is 0 Å². The first-order valence-electron chi connectivity index (χ1n) is 10.7. The van der Waals surface area contributed by atoms with E-state index in [4.69, 9.17) is 0 Å². The van der Waals surface area contributed by atoms with Crippen LogP contribution in [0.5, 0.6) is 0 Å². The quantitative estimate of drug-likeness (QED) is 0.563. The number of carbonyl (C=O) groups is 2. The molecular formula is C26H30N2O2. The number of rotatable bonds is 9. The van der Waals surface area contributed by atoms with E-state index in [1.807, 2.05) is 62.4 Å². The summed E-state index contributed by atoms with van der Waals surface area (Å²) in [5.74, 6) is -0.114. The molecule has 0 fully saturated rings. The first-order valence-corrected chi connectivity index (χ1v) is 10.7. The van der Waals surface area contributed by atoms with E-state index in [1.165, 1.54) is 10.8 Å². The van der Waals surface area contributed by atoms with Crippen LogP contribution in [-0.2, 0) is 22.6 Å². The fraction of sp³-hybridized carbons (Fsp3) is 0.308. The largest absolute Gasteiger partial charge is 0.354 e. The van der Waals surface area contributed by atoms with Crippen LogP contribution in [0.3, 0.4) is 0 Å². The average molecular weight is 403 g/mol. The number of nitrogens with zero attached hydrogens (tertiary/aromatic N) is 1. The number of hydrogen-bond acceptors (Lipinski definition) is 2. The SMILES string of the molecule is CCCNC(=O)[C@H](C)N(Cc1ccccc1)C(=O)CCc1cccc2ccccc12. The van der Waals surface area contributed by atoms with E-state index in [-0.39, 0.29) is 11.8 Å². The molecule has 0 aromatic heterocycles. The molecule has 0 aliphatic heterocycles. The molecule has 0 saturated carbocycles. The average Bonchev–Trinajstić information content (AvgIpc) is 2.79. The Morgan fingerprint density at radius 2 is 1.63 bits per heavy atom. The zero-order valence-electron chi connectivity index (χ0n) is 17.8. The summed E-state index contributed by atoms with van der Waals surface area (Å²) in [7, 11) is 0. The van der Waals surface area contributed by atoms with Crippen molar-refractivity contribution in [2.45, 2.75) is 45.7 Å². The summed E-state index contributed by atoms with van der Waals surface area (Å²) in [4.78, 5) is 27.5. The molecule has 4 nitrogen and oxygen atoms in total. The maximum atomic E-state index is 13.2. The molecule has 0 aliphatic rings. The Labute approximate surface area is 178 Å². The van der Waals surface area contributed by atoms with Gasteiger partial charge in [0.2, 0.25) is 11.8 Å². The molecule has 0 aliphatic carbocycles. The van der Waals surface area contributed by atoms with Gasteiger partial charge in [0.05, 0.1) is 0 Å². The highest BCUT2D eigenvalue weighted by Gasteiger charge is 2.25. The van der Waals surface area contributed by atoms with Gasteiger partial charge in [-0.05, 0) is 41.7 Å². The van der Waals surface area contributed by atoms with Crippen molar-refractivity contribution >= 4 is 22.6 Å². The zero-order chi connectivity index (χ0) is 21.3. The van der Waals surface area contributed by atoms with E-state index < -0.39 is 6.04 Å². The van der Waals surface area contributed by atoms with Crippen LogP contribution < -0.4 is 5.32 Å². The normalized spacial score (nSPS) is 11.8. The van der Waals surface area contributed by atoms with Gasteiger partial charge in [0.15, 0.2) is 0 Å². The summed E-state index contributed by atoms with van der Waals surface area (Å²) in [5.41, 5.74) is 2.18. The molecule has 0 unspecified atom stereocenters. The van der Waals surface area contributed by atoms with E-state index >= 15 is 0 Å². The van der Waals surface area contributed by atoms with Crippen LogP contribution >= 0.6 is 0 Å². The third-order valence-corrected chi connectivity index (χ3v) is 5.40. The first kappa shape index (κ1) is 21.6. The number of fused-ring (bicyclic) bond motifs is 1. The predicted molar refractivity (Wildman–Crippen MR) is 122 cm³/mol. The van der Waals surface area contributed by atoms with Crippen LogP contribution in [0.1, 0.15) is 37.8 Å². The Morgan fingerprint density at radius 1 is 0.933 bits per heavy atom. The van der Waals surface area contributed by atoms with Gasteiger partial charge in [-0.25, -0.2) is 0 Å². The van der Waals surface area contributed by atoms with Crippen LogP contribution in [0.2, 0.25) is 0 Å². The topological polar surface area (TPSA) is 49.4 Å². The Kier molecular flexibility index (Phi) is 7.61. The smallest absolute Gasteiger partial charge is 0.242 e. The maximum Gasteiger partial charge on any atom is 0.242 e. The lowest BCUT2D eigenvalue weighted by Gasteiger charge is -2.29. The van der Waals surface area contributed by atoms with Crippen molar-refractivity contribution in [1.29, 1.82) is 0 Å². The summed E-state index contributed by atoms with van der Waals surface area (Å²) in [6.45, 7) is 4.87. The third-order valence-electron chi connectivity index (χ3n) is 5.40. The van der Waals surface area contributed by atoms with Crippen LogP contribution in [0.25, 0.3) is 10.8 Å². The number of hydrogen-bond donors (Lipinski definition) is 1. The standard InChI is InChI=1S/C26H30N2O2/c1-3-18-27-26(30)20(2)28(19-21-10-5-4-6-11-21)25(29)17-16-23-14-9-13-22-12-7-8-15-24(22)23/h4-15,20H,3,16-19H2,1-2H3,(H,27,30)/t20-/m0/s1. The van der Waals surface area contributed by atoms with E-state index in [0.29, 0.717) is 25.9 Å². The van der Waals surface area contributed by atoms with Crippen LogP contribution in [0, 0.1) is 0 Å². The molecule has 0 heterocycles. The molecule has 30 heavy (non-hydrogen) atoms. The Hall–Kier alpha value is -3.14. The second-order valence-electron chi connectivity index (χ2n) is 7.61. The molecular weight excluding hydrogens is 372 g/mol. The Bertz CT molecular complexity index is 979. The summed E-state index contributed by atoms with van der Waals surface area (Å²) >= 11 is 0. The van der Waals surface area contributed by atoms with Gasteiger partial charge in [-0.3, -0.25) is 9.59 Å². The molecule has 0 radical (unpaired) electrons. The number of aryl methyl sites for hydroxylation is 1. The van der Waals surface area contributed by atoms with Gasteiger partial charge in [0.1, 0.15) is 6.04 Å². The zero-order valence-corrected chi connectivity index (χ0v) is 17.8. The third kappa shape index (κ3) is 5.47. The molecule has 0 spiro atoms. The van der Waals surface area contributed by atoms with Crippen LogP contribution in [-0.4, -0.2) is 29.3 Å². The lowest BCUT2D eigenvalue weighted by atomic mass is 10.0. The maximum absolute atomic E-state index is 13.2. The van der Waals surface area contributed by atoms with E-state index in [0.717, 1.165) is 17.5 Å². The molecule has 1 N–H and O–H groups in total. The molecule has 156 valence electrons. The molecule has 3 aromatic carbocycles. The van der Waals surface area contributed by atoms with Crippen molar-refractivity contribution in [3.05, 3.63) is 83.9 Å². The molecule has 3 rings (SSSR count). The number of benzene rings is 3. The van der Waals surface area contributed by atoms with Gasteiger partial charge in [-0.15, -0.1) is 0 Å². The summed E-state index contributed by atoms with van der Waals surface area (Å²) in [5, 5.41) is 5.27. The monoisotopic (exact) mass is 402 g/mol. The van der Waals surface area contributed by atoms with Crippen molar-refractivity contribution in [3.8, 4) is 0 Å². The molecule has 0 saturated heterocycles. The van der Waals surface area contributed by atoms with Crippen LogP contribution in [0.15, 0.2) is 72.8 Å². The molecule has 1 atom stereocenters. The van der Waals surface area contributed by atoms with Crippen molar-refractivity contribution in [3.63, 3.8) is 0 Å². The second kappa shape index (κ2) is 10.6. The highest BCUT2D eigenvalue weighted by atomic mass is 16.2. The van der Waals surface area contributed by atoms with Crippen molar-refractivity contribution in [2.75, 3.05) is 6.54 Å². The Balaban J connectivity index is 1.76. The summed E-state index contributed by atoms with van der Waals surface area (Å²) in [6.07, 6.45) is 1.88. The van der Waals surface area contributed by atoms with Gasteiger partial charge < -0.3 is 10.2 Å². The number of nitrogens with one attached hydrogen (secondary N) is 1. The van der Waals surface area contributed by atoms with Crippen molar-refractivity contribution in [1.82, 2.24) is 10.2 Å². The van der Waals surface area contributed by atoms with Gasteiger partial charge in [-0.1, -0.05) is 79.7 Å². The van der Waals surface area contributed by atoms with E-state index in [1.54, 1.807) is 4.90 Å². The van der Waals surface area contributed by atoms with E-state index in [2.05, 4.69) is 29.6 Å². The number of carbonyl (C=O) groups excluding carboxylic acids is 2. The number of amides is 2. The molecule has 3 aromatic rings. The summed E-state index contributed by atoms with van der Waals surface area (Å²) in [6, 6.07) is 23.7. The van der Waals surface area contributed by atoms with Crippen molar-refractivity contribution in [2.24, 2.45) is 0 Å². The molecule has 4 heteroatoms. The van der Waals surface area contributed by atoms with Gasteiger partial charge in [0, 0.05) is 19.5 Å². The lowest BCUT2D eigenvalue weighted by molar-refractivity contribution is -0.140. The van der Waals surface area contributed by atoms with Gasteiger partial charge in [-0.2, -0.15) is 0 Å². The second-order valence-corrected chi connectivity index (χ2v) is 7.61. The Morgan fingerprint density at radius 3 is 2.40 bits per heavy atom. The minimum Gasteiger partial charge on any atom is -0.354 e.